The zero-order valence-electron chi connectivity index (χ0n) is 10.1. The fourth-order valence-electron chi connectivity index (χ4n) is 2.39. The molecule has 0 aliphatic carbocycles. The average molecular weight is 198 g/mol. The first-order chi connectivity index (χ1) is 6.77. The zero-order valence-corrected chi connectivity index (χ0v) is 10.1. The zero-order chi connectivity index (χ0) is 10.4. The first-order valence-corrected chi connectivity index (χ1v) is 6.25. The van der Waals surface area contributed by atoms with Crippen LogP contribution in [0, 0.1) is 0 Å². The van der Waals surface area contributed by atoms with Gasteiger partial charge < -0.3 is 10.2 Å². The van der Waals surface area contributed by atoms with E-state index in [4.69, 9.17) is 0 Å². The molecule has 0 spiro atoms. The molecule has 1 aliphatic rings. The van der Waals surface area contributed by atoms with E-state index in [0.717, 1.165) is 18.6 Å². The predicted octanol–water partition coefficient (Wildman–Crippen LogP) is 2.25. The third kappa shape index (κ3) is 3.58. The Hall–Kier alpha value is -0.0800. The van der Waals surface area contributed by atoms with Crippen molar-refractivity contribution in [1.82, 2.24) is 10.2 Å². The van der Waals surface area contributed by atoms with Crippen LogP contribution in [0.1, 0.15) is 46.5 Å². The fourth-order valence-corrected chi connectivity index (χ4v) is 2.39. The van der Waals surface area contributed by atoms with Crippen molar-refractivity contribution in [2.24, 2.45) is 0 Å². The van der Waals surface area contributed by atoms with Gasteiger partial charge in [0.25, 0.3) is 0 Å². The highest BCUT2D eigenvalue weighted by atomic mass is 15.2. The van der Waals surface area contributed by atoms with Crippen molar-refractivity contribution < 1.29 is 0 Å². The van der Waals surface area contributed by atoms with E-state index in [0.29, 0.717) is 0 Å². The molecule has 1 N–H and O–H groups in total. The third-order valence-electron chi connectivity index (χ3n) is 3.31. The van der Waals surface area contributed by atoms with E-state index in [1.54, 1.807) is 0 Å². The maximum Gasteiger partial charge on any atom is 0.00939 e. The van der Waals surface area contributed by atoms with Crippen molar-refractivity contribution >= 4 is 0 Å². The van der Waals surface area contributed by atoms with Crippen LogP contribution < -0.4 is 5.32 Å². The van der Waals surface area contributed by atoms with Gasteiger partial charge in [0.2, 0.25) is 0 Å². The minimum atomic E-state index is 0.771. The van der Waals surface area contributed by atoms with Gasteiger partial charge in [0, 0.05) is 12.1 Å². The summed E-state index contributed by atoms with van der Waals surface area (Å²) >= 11 is 0. The van der Waals surface area contributed by atoms with E-state index in [-0.39, 0.29) is 0 Å². The molecule has 1 fully saturated rings. The first-order valence-electron chi connectivity index (χ1n) is 6.25. The van der Waals surface area contributed by atoms with Crippen LogP contribution in [0.3, 0.4) is 0 Å². The van der Waals surface area contributed by atoms with Gasteiger partial charge in [-0.25, -0.2) is 0 Å². The third-order valence-corrected chi connectivity index (χ3v) is 3.31. The summed E-state index contributed by atoms with van der Waals surface area (Å²) in [5.74, 6) is 0. The molecule has 0 aromatic heterocycles. The molecule has 0 amide bonds. The SMILES string of the molecule is CCCCN1CCC(NCC)CC1C. The maximum absolute atomic E-state index is 3.56. The molecule has 2 atom stereocenters. The Morgan fingerprint density at radius 3 is 2.71 bits per heavy atom. The summed E-state index contributed by atoms with van der Waals surface area (Å²) in [6, 6.07) is 1.55. The Morgan fingerprint density at radius 2 is 2.14 bits per heavy atom. The topological polar surface area (TPSA) is 15.3 Å². The largest absolute Gasteiger partial charge is 0.314 e. The lowest BCUT2D eigenvalue weighted by atomic mass is 9.98. The highest BCUT2D eigenvalue weighted by Gasteiger charge is 2.23. The number of nitrogens with one attached hydrogen (secondary N) is 1. The molecule has 0 bridgehead atoms. The van der Waals surface area contributed by atoms with Crippen LogP contribution >= 0.6 is 0 Å². The number of rotatable bonds is 5. The highest BCUT2D eigenvalue weighted by Crippen LogP contribution is 2.17. The lowest BCUT2D eigenvalue weighted by molar-refractivity contribution is 0.135. The molecule has 0 aromatic carbocycles. The molecule has 1 rings (SSSR count). The van der Waals surface area contributed by atoms with E-state index >= 15 is 0 Å². The second-order valence-corrected chi connectivity index (χ2v) is 4.52. The van der Waals surface area contributed by atoms with Crippen molar-refractivity contribution in [2.75, 3.05) is 19.6 Å². The second-order valence-electron chi connectivity index (χ2n) is 4.52. The summed E-state index contributed by atoms with van der Waals surface area (Å²) in [5, 5.41) is 3.56. The minimum absolute atomic E-state index is 0.771. The van der Waals surface area contributed by atoms with Gasteiger partial charge in [-0.2, -0.15) is 0 Å². The summed E-state index contributed by atoms with van der Waals surface area (Å²) in [5.41, 5.74) is 0. The molecule has 0 aromatic rings. The Kier molecular flexibility index (Phi) is 5.49. The van der Waals surface area contributed by atoms with Crippen molar-refractivity contribution in [1.29, 1.82) is 0 Å². The van der Waals surface area contributed by atoms with E-state index < -0.39 is 0 Å². The van der Waals surface area contributed by atoms with Crippen LogP contribution in [-0.2, 0) is 0 Å². The van der Waals surface area contributed by atoms with Gasteiger partial charge in [-0.15, -0.1) is 0 Å². The van der Waals surface area contributed by atoms with Crippen LogP contribution in [0.5, 0.6) is 0 Å². The lowest BCUT2D eigenvalue weighted by Crippen LogP contribution is -2.47. The molecule has 1 heterocycles. The van der Waals surface area contributed by atoms with Gasteiger partial charge in [0.15, 0.2) is 0 Å². The van der Waals surface area contributed by atoms with Crippen LogP contribution in [0.15, 0.2) is 0 Å². The van der Waals surface area contributed by atoms with Gasteiger partial charge in [0.1, 0.15) is 0 Å². The summed E-state index contributed by atoms with van der Waals surface area (Å²) in [6.07, 6.45) is 5.34. The molecular formula is C12H26N2. The number of piperidine rings is 1. The molecule has 1 aliphatic heterocycles. The van der Waals surface area contributed by atoms with Gasteiger partial charge in [0.05, 0.1) is 0 Å². The summed E-state index contributed by atoms with van der Waals surface area (Å²) in [6.45, 7) is 10.6. The lowest BCUT2D eigenvalue weighted by Gasteiger charge is -2.38. The van der Waals surface area contributed by atoms with Crippen molar-refractivity contribution in [3.63, 3.8) is 0 Å². The quantitative estimate of drug-likeness (QED) is 0.729. The van der Waals surface area contributed by atoms with Gasteiger partial charge in [-0.05, 0) is 45.8 Å². The molecule has 2 nitrogen and oxygen atoms in total. The van der Waals surface area contributed by atoms with Gasteiger partial charge in [-0.3, -0.25) is 0 Å². The van der Waals surface area contributed by atoms with Crippen molar-refractivity contribution in [3.05, 3.63) is 0 Å². The molecular weight excluding hydrogens is 172 g/mol. The van der Waals surface area contributed by atoms with E-state index in [1.165, 1.54) is 38.8 Å². The Bertz CT molecular complexity index is 147. The van der Waals surface area contributed by atoms with Crippen molar-refractivity contribution in [3.8, 4) is 0 Å². The molecule has 2 unspecified atom stereocenters. The van der Waals surface area contributed by atoms with Crippen LogP contribution in [0.2, 0.25) is 0 Å². The average Bonchev–Trinajstić information content (AvgIpc) is 2.17. The Morgan fingerprint density at radius 1 is 1.36 bits per heavy atom. The minimum Gasteiger partial charge on any atom is -0.314 e. The molecule has 14 heavy (non-hydrogen) atoms. The Balaban J connectivity index is 2.24. The number of unbranched alkanes of at least 4 members (excludes halogenated alkanes) is 1. The Labute approximate surface area is 89.1 Å². The van der Waals surface area contributed by atoms with E-state index in [2.05, 4.69) is 31.0 Å². The van der Waals surface area contributed by atoms with Gasteiger partial charge >= 0.3 is 0 Å². The highest BCUT2D eigenvalue weighted by molar-refractivity contribution is 4.82. The predicted molar refractivity (Wildman–Crippen MR) is 62.6 cm³/mol. The summed E-state index contributed by atoms with van der Waals surface area (Å²) in [7, 11) is 0. The molecule has 2 heteroatoms. The molecule has 0 saturated carbocycles. The number of likely N-dealkylation sites (tertiary alicyclic amines) is 1. The molecule has 84 valence electrons. The van der Waals surface area contributed by atoms with E-state index in [1.807, 2.05) is 0 Å². The van der Waals surface area contributed by atoms with Gasteiger partial charge in [-0.1, -0.05) is 20.3 Å². The number of hydrogen-bond donors (Lipinski definition) is 1. The maximum atomic E-state index is 3.56. The number of hydrogen-bond acceptors (Lipinski definition) is 2. The van der Waals surface area contributed by atoms with Crippen molar-refractivity contribution in [2.45, 2.75) is 58.5 Å². The smallest absolute Gasteiger partial charge is 0.00939 e. The standard InChI is InChI=1S/C12H26N2/c1-4-6-8-14-9-7-12(13-5-2)10-11(14)3/h11-13H,4-10H2,1-3H3. The van der Waals surface area contributed by atoms with Crippen LogP contribution in [0.4, 0.5) is 0 Å². The normalized spacial score (nSPS) is 29.4. The molecule has 0 radical (unpaired) electrons. The van der Waals surface area contributed by atoms with Crippen LogP contribution in [-0.4, -0.2) is 36.6 Å². The van der Waals surface area contributed by atoms with Crippen LogP contribution in [0.25, 0.3) is 0 Å². The second kappa shape index (κ2) is 6.41. The summed E-state index contributed by atoms with van der Waals surface area (Å²) < 4.78 is 0. The first kappa shape index (κ1) is 12.0. The summed E-state index contributed by atoms with van der Waals surface area (Å²) in [4.78, 5) is 2.65. The fraction of sp³-hybridized carbons (Fsp3) is 1.00. The molecule has 1 saturated heterocycles. The monoisotopic (exact) mass is 198 g/mol. The van der Waals surface area contributed by atoms with E-state index in [9.17, 15) is 0 Å². The number of nitrogens with zero attached hydrogens (tertiary/aromatic N) is 1.